The summed E-state index contributed by atoms with van der Waals surface area (Å²) in [7, 11) is 0. The molecule has 0 aliphatic rings. The Morgan fingerprint density at radius 1 is 1.25 bits per heavy atom. The van der Waals surface area contributed by atoms with Gasteiger partial charge in [0.2, 0.25) is 0 Å². The second-order valence-electron chi connectivity index (χ2n) is 4.60. The lowest BCUT2D eigenvalue weighted by molar-refractivity contribution is 0.303. The average molecular weight is 419 g/mol. The Balaban J connectivity index is 2.12. The summed E-state index contributed by atoms with van der Waals surface area (Å²) in [5.74, 6) is 0.904. The SMILES string of the molecule is CCC(N)Cc1cccc(Br)c1OCc1ccc(Br)s1. The van der Waals surface area contributed by atoms with Crippen molar-refractivity contribution in [2.24, 2.45) is 5.73 Å². The number of halogens is 2. The molecule has 1 unspecified atom stereocenters. The molecule has 0 radical (unpaired) electrons. The Labute approximate surface area is 140 Å². The highest BCUT2D eigenvalue weighted by atomic mass is 79.9. The number of thiophene rings is 1. The minimum Gasteiger partial charge on any atom is -0.487 e. The Morgan fingerprint density at radius 2 is 2.05 bits per heavy atom. The number of benzene rings is 1. The highest BCUT2D eigenvalue weighted by Crippen LogP contribution is 2.32. The van der Waals surface area contributed by atoms with Gasteiger partial charge in [0, 0.05) is 10.9 Å². The molecule has 1 aromatic carbocycles. The Morgan fingerprint density at radius 3 is 2.70 bits per heavy atom. The second kappa shape index (κ2) is 7.59. The van der Waals surface area contributed by atoms with Crippen molar-refractivity contribution >= 4 is 43.2 Å². The molecule has 108 valence electrons. The molecule has 1 heterocycles. The maximum Gasteiger partial charge on any atom is 0.137 e. The maximum atomic E-state index is 6.06. The lowest BCUT2D eigenvalue weighted by atomic mass is 10.0. The fourth-order valence-corrected chi connectivity index (χ4v) is 3.79. The highest BCUT2D eigenvalue weighted by Gasteiger charge is 2.11. The van der Waals surface area contributed by atoms with Gasteiger partial charge in [-0.15, -0.1) is 11.3 Å². The minimum atomic E-state index is 0.169. The molecule has 2 N–H and O–H groups in total. The molecule has 5 heteroatoms. The zero-order chi connectivity index (χ0) is 14.5. The summed E-state index contributed by atoms with van der Waals surface area (Å²) in [6.45, 7) is 2.68. The van der Waals surface area contributed by atoms with E-state index < -0.39 is 0 Å². The number of hydrogen-bond acceptors (Lipinski definition) is 3. The Hall–Kier alpha value is -0.360. The monoisotopic (exact) mass is 417 g/mol. The molecule has 0 saturated heterocycles. The first-order chi connectivity index (χ1) is 9.60. The number of rotatable bonds is 6. The molecule has 20 heavy (non-hydrogen) atoms. The van der Waals surface area contributed by atoms with E-state index in [0.29, 0.717) is 6.61 Å². The first-order valence-corrected chi connectivity index (χ1v) is 8.90. The molecule has 1 aromatic heterocycles. The van der Waals surface area contributed by atoms with Gasteiger partial charge >= 0.3 is 0 Å². The number of nitrogens with two attached hydrogens (primary N) is 1. The molecule has 0 aliphatic carbocycles. The van der Waals surface area contributed by atoms with Crippen molar-refractivity contribution in [3.8, 4) is 5.75 Å². The minimum absolute atomic E-state index is 0.169. The van der Waals surface area contributed by atoms with Crippen LogP contribution in [0.4, 0.5) is 0 Å². The van der Waals surface area contributed by atoms with Crippen LogP contribution < -0.4 is 10.5 Å². The standard InChI is InChI=1S/C15H17Br2NOS/c1-2-11(18)8-10-4-3-5-13(16)15(10)19-9-12-6-7-14(17)20-12/h3-7,11H,2,8-9,18H2,1H3. The predicted octanol–water partition coefficient (Wildman–Crippen LogP) is 5.13. The largest absolute Gasteiger partial charge is 0.487 e. The van der Waals surface area contributed by atoms with Crippen LogP contribution >= 0.6 is 43.2 Å². The Bertz CT molecular complexity index is 571. The molecule has 2 aromatic rings. The molecule has 0 amide bonds. The van der Waals surface area contributed by atoms with Crippen molar-refractivity contribution in [2.45, 2.75) is 32.4 Å². The first-order valence-electron chi connectivity index (χ1n) is 6.50. The van der Waals surface area contributed by atoms with Crippen LogP contribution in [0.3, 0.4) is 0 Å². The Kier molecular flexibility index (Phi) is 6.08. The lowest BCUT2D eigenvalue weighted by Gasteiger charge is -2.15. The molecule has 2 rings (SSSR count). The maximum absolute atomic E-state index is 6.06. The summed E-state index contributed by atoms with van der Waals surface area (Å²) in [6, 6.07) is 10.4. The zero-order valence-electron chi connectivity index (χ0n) is 11.2. The van der Waals surface area contributed by atoms with Gasteiger partial charge in [0.1, 0.15) is 12.4 Å². The zero-order valence-corrected chi connectivity index (χ0v) is 15.2. The quantitative estimate of drug-likeness (QED) is 0.705. The van der Waals surface area contributed by atoms with E-state index in [1.165, 1.54) is 4.88 Å². The fourth-order valence-electron chi connectivity index (χ4n) is 1.88. The van der Waals surface area contributed by atoms with Crippen molar-refractivity contribution in [1.82, 2.24) is 0 Å². The highest BCUT2D eigenvalue weighted by molar-refractivity contribution is 9.11. The third kappa shape index (κ3) is 4.32. The number of hydrogen-bond donors (Lipinski definition) is 1. The number of ether oxygens (including phenoxy) is 1. The third-order valence-corrected chi connectivity index (χ3v) is 5.26. The van der Waals surface area contributed by atoms with Crippen LogP contribution in [0.1, 0.15) is 23.8 Å². The van der Waals surface area contributed by atoms with Gasteiger partial charge in [0.15, 0.2) is 0 Å². The summed E-state index contributed by atoms with van der Waals surface area (Å²) in [6.07, 6.45) is 1.79. The lowest BCUT2D eigenvalue weighted by Crippen LogP contribution is -2.21. The van der Waals surface area contributed by atoms with Gasteiger partial charge in [-0.3, -0.25) is 0 Å². The number of para-hydroxylation sites is 1. The van der Waals surface area contributed by atoms with Gasteiger partial charge in [-0.25, -0.2) is 0 Å². The van der Waals surface area contributed by atoms with Crippen molar-refractivity contribution in [3.05, 3.63) is 49.0 Å². The van der Waals surface area contributed by atoms with Gasteiger partial charge in [-0.2, -0.15) is 0 Å². The molecule has 1 atom stereocenters. The van der Waals surface area contributed by atoms with Gasteiger partial charge in [-0.05, 0) is 68.5 Å². The summed E-state index contributed by atoms with van der Waals surface area (Å²) in [5.41, 5.74) is 7.22. The summed E-state index contributed by atoms with van der Waals surface area (Å²) >= 11 is 8.72. The molecular formula is C15H17Br2NOS. The second-order valence-corrected chi connectivity index (χ2v) is 8.00. The third-order valence-electron chi connectivity index (χ3n) is 3.04. The van der Waals surface area contributed by atoms with E-state index in [9.17, 15) is 0 Å². The van der Waals surface area contributed by atoms with Crippen LogP contribution in [0.5, 0.6) is 5.75 Å². The van der Waals surface area contributed by atoms with E-state index in [1.807, 2.05) is 18.2 Å². The van der Waals surface area contributed by atoms with Crippen LogP contribution in [0, 0.1) is 0 Å². The van der Waals surface area contributed by atoms with E-state index in [1.54, 1.807) is 11.3 Å². The van der Waals surface area contributed by atoms with Crippen LogP contribution in [-0.4, -0.2) is 6.04 Å². The molecular weight excluding hydrogens is 402 g/mol. The van der Waals surface area contributed by atoms with Crippen molar-refractivity contribution in [1.29, 1.82) is 0 Å². The topological polar surface area (TPSA) is 35.2 Å². The van der Waals surface area contributed by atoms with Crippen LogP contribution in [-0.2, 0) is 13.0 Å². The van der Waals surface area contributed by atoms with E-state index in [0.717, 1.165) is 32.4 Å². The molecule has 2 nitrogen and oxygen atoms in total. The summed E-state index contributed by atoms with van der Waals surface area (Å²) < 4.78 is 8.10. The van der Waals surface area contributed by atoms with Gasteiger partial charge in [0.05, 0.1) is 8.26 Å². The van der Waals surface area contributed by atoms with Gasteiger partial charge in [-0.1, -0.05) is 19.1 Å². The van der Waals surface area contributed by atoms with E-state index in [4.69, 9.17) is 10.5 Å². The predicted molar refractivity (Wildman–Crippen MR) is 92.5 cm³/mol. The fraction of sp³-hybridized carbons (Fsp3) is 0.333. The summed E-state index contributed by atoms with van der Waals surface area (Å²) in [4.78, 5) is 1.19. The van der Waals surface area contributed by atoms with E-state index in [2.05, 4.69) is 50.9 Å². The molecule has 0 spiro atoms. The van der Waals surface area contributed by atoms with E-state index in [-0.39, 0.29) is 6.04 Å². The molecule has 0 bridgehead atoms. The average Bonchev–Trinajstić information content (AvgIpc) is 2.83. The van der Waals surface area contributed by atoms with Crippen LogP contribution in [0.2, 0.25) is 0 Å². The van der Waals surface area contributed by atoms with Crippen LogP contribution in [0.25, 0.3) is 0 Å². The first kappa shape index (κ1) is 16.0. The van der Waals surface area contributed by atoms with Crippen molar-refractivity contribution in [3.63, 3.8) is 0 Å². The molecule has 0 fully saturated rings. The van der Waals surface area contributed by atoms with Crippen molar-refractivity contribution < 1.29 is 4.74 Å². The van der Waals surface area contributed by atoms with Crippen molar-refractivity contribution in [2.75, 3.05) is 0 Å². The van der Waals surface area contributed by atoms with Gasteiger partial charge in [0.25, 0.3) is 0 Å². The molecule has 0 saturated carbocycles. The van der Waals surface area contributed by atoms with Gasteiger partial charge < -0.3 is 10.5 Å². The van der Waals surface area contributed by atoms with E-state index >= 15 is 0 Å². The molecule has 0 aliphatic heterocycles. The summed E-state index contributed by atoms with van der Waals surface area (Å²) in [5, 5.41) is 0. The normalized spacial score (nSPS) is 12.4. The van der Waals surface area contributed by atoms with Crippen LogP contribution in [0.15, 0.2) is 38.6 Å². The smallest absolute Gasteiger partial charge is 0.137 e.